The Bertz CT molecular complexity index is 512. The Morgan fingerprint density at radius 2 is 2.21 bits per heavy atom. The van der Waals surface area contributed by atoms with Crippen LogP contribution in [0.3, 0.4) is 0 Å². The van der Waals surface area contributed by atoms with Crippen LogP contribution in [-0.2, 0) is 14.3 Å². The third-order valence-electron chi connectivity index (χ3n) is 5.15. The quantitative estimate of drug-likeness (QED) is 0.710. The van der Waals surface area contributed by atoms with Gasteiger partial charge in [0.15, 0.2) is 0 Å². The maximum atomic E-state index is 14.4. The molecule has 0 aromatic rings. The van der Waals surface area contributed by atoms with Crippen LogP contribution in [0.1, 0.15) is 19.3 Å². The number of hydrogen-bond acceptors (Lipinski definition) is 4. The van der Waals surface area contributed by atoms with Gasteiger partial charge in [0.2, 0.25) is 5.91 Å². The highest BCUT2D eigenvalue weighted by Gasteiger charge is 2.56. The number of alkyl halides is 2. The number of hydrogen-bond donors (Lipinski definition) is 0. The van der Waals surface area contributed by atoms with Gasteiger partial charge in [-0.05, 0) is 18.4 Å². The highest BCUT2D eigenvalue weighted by atomic mass is 19.3. The summed E-state index contributed by atoms with van der Waals surface area (Å²) in [6, 6.07) is 0. The first-order valence-corrected chi connectivity index (χ1v) is 8.58. The predicted octanol–water partition coefficient (Wildman–Crippen LogP) is 1.54. The molecule has 5 nitrogen and oxygen atoms in total. The SMILES string of the molecule is COCCN1CC[C@]2(CN(CC3=CCCOC3)CC(F)(F)C2)C1=O. The number of piperidine rings is 1. The first-order chi connectivity index (χ1) is 11.4. The minimum atomic E-state index is -2.83. The van der Waals surface area contributed by atoms with E-state index in [1.165, 1.54) is 0 Å². The lowest BCUT2D eigenvalue weighted by Crippen LogP contribution is -2.56. The van der Waals surface area contributed by atoms with Gasteiger partial charge >= 0.3 is 0 Å². The molecule has 0 radical (unpaired) electrons. The molecule has 1 amide bonds. The molecule has 1 spiro atoms. The number of rotatable bonds is 5. The zero-order valence-electron chi connectivity index (χ0n) is 14.2. The van der Waals surface area contributed by atoms with Crippen molar-refractivity contribution in [1.82, 2.24) is 9.80 Å². The van der Waals surface area contributed by atoms with Crippen molar-refractivity contribution in [1.29, 1.82) is 0 Å². The molecule has 1 atom stereocenters. The number of halogens is 2. The summed E-state index contributed by atoms with van der Waals surface area (Å²) in [4.78, 5) is 16.2. The molecule has 3 rings (SSSR count). The largest absolute Gasteiger partial charge is 0.383 e. The Kier molecular flexibility index (Phi) is 5.22. The lowest BCUT2D eigenvalue weighted by Gasteiger charge is -2.43. The standard InChI is InChI=1S/C17H26F2N2O3/c1-23-8-6-21-5-4-16(15(21)22)11-17(18,19)13-20(12-16)9-14-3-2-7-24-10-14/h3H,2,4-13H2,1H3/t16-/m0/s1. The third kappa shape index (κ3) is 3.78. The van der Waals surface area contributed by atoms with Gasteiger partial charge in [-0.25, -0.2) is 8.78 Å². The van der Waals surface area contributed by atoms with Crippen molar-refractivity contribution in [2.45, 2.75) is 25.2 Å². The molecule has 0 bridgehead atoms. The summed E-state index contributed by atoms with van der Waals surface area (Å²) in [5.74, 6) is -2.97. The minimum absolute atomic E-state index is 0.141. The Balaban J connectivity index is 1.71. The molecule has 3 aliphatic rings. The number of carbonyl (C=O) groups is 1. The molecule has 3 heterocycles. The molecule has 2 fully saturated rings. The fraction of sp³-hybridized carbons (Fsp3) is 0.824. The molecular weight excluding hydrogens is 318 g/mol. The molecule has 0 aliphatic carbocycles. The van der Waals surface area contributed by atoms with Crippen molar-refractivity contribution in [3.05, 3.63) is 11.6 Å². The van der Waals surface area contributed by atoms with E-state index in [2.05, 4.69) is 6.08 Å². The van der Waals surface area contributed by atoms with Crippen LogP contribution in [0.2, 0.25) is 0 Å². The molecule has 24 heavy (non-hydrogen) atoms. The summed E-state index contributed by atoms with van der Waals surface area (Å²) in [6.07, 6.45) is 3.06. The molecule has 2 saturated heterocycles. The van der Waals surface area contributed by atoms with Crippen LogP contribution < -0.4 is 0 Å². The maximum absolute atomic E-state index is 14.4. The number of ether oxygens (including phenoxy) is 2. The lowest BCUT2D eigenvalue weighted by atomic mass is 9.77. The summed E-state index contributed by atoms with van der Waals surface area (Å²) in [6.45, 7) is 3.23. The Labute approximate surface area is 141 Å². The smallest absolute Gasteiger partial charge is 0.261 e. The van der Waals surface area contributed by atoms with Crippen LogP contribution in [0, 0.1) is 5.41 Å². The van der Waals surface area contributed by atoms with Crippen LogP contribution in [0.25, 0.3) is 0 Å². The predicted molar refractivity (Wildman–Crippen MR) is 85.0 cm³/mol. The first-order valence-electron chi connectivity index (χ1n) is 8.58. The number of methoxy groups -OCH3 is 1. The van der Waals surface area contributed by atoms with E-state index in [4.69, 9.17) is 9.47 Å². The molecule has 0 aromatic heterocycles. The van der Waals surface area contributed by atoms with E-state index >= 15 is 0 Å². The van der Waals surface area contributed by atoms with E-state index in [1.807, 2.05) is 0 Å². The highest BCUT2D eigenvalue weighted by molar-refractivity contribution is 5.85. The fourth-order valence-corrected chi connectivity index (χ4v) is 4.15. The molecule has 0 saturated carbocycles. The number of amides is 1. The van der Waals surface area contributed by atoms with Gasteiger partial charge in [0, 0.05) is 39.7 Å². The second-order valence-electron chi connectivity index (χ2n) is 7.20. The van der Waals surface area contributed by atoms with E-state index in [9.17, 15) is 13.6 Å². The molecule has 7 heteroatoms. The monoisotopic (exact) mass is 344 g/mol. The van der Waals surface area contributed by atoms with Crippen LogP contribution in [0.4, 0.5) is 8.78 Å². The molecular formula is C17H26F2N2O3. The Morgan fingerprint density at radius 3 is 2.92 bits per heavy atom. The van der Waals surface area contributed by atoms with Gasteiger partial charge in [0.25, 0.3) is 5.92 Å². The average Bonchev–Trinajstić information content (AvgIpc) is 2.80. The zero-order valence-corrected chi connectivity index (χ0v) is 14.2. The average molecular weight is 344 g/mol. The molecule has 136 valence electrons. The van der Waals surface area contributed by atoms with Gasteiger partial charge in [-0.3, -0.25) is 9.69 Å². The minimum Gasteiger partial charge on any atom is -0.383 e. The maximum Gasteiger partial charge on any atom is 0.261 e. The van der Waals surface area contributed by atoms with Gasteiger partial charge in [-0.15, -0.1) is 0 Å². The van der Waals surface area contributed by atoms with E-state index in [-0.39, 0.29) is 18.9 Å². The summed E-state index contributed by atoms with van der Waals surface area (Å²) >= 11 is 0. The molecule has 0 unspecified atom stereocenters. The second-order valence-corrected chi connectivity index (χ2v) is 7.20. The third-order valence-corrected chi connectivity index (χ3v) is 5.15. The van der Waals surface area contributed by atoms with Crippen LogP contribution >= 0.6 is 0 Å². The van der Waals surface area contributed by atoms with Crippen molar-refractivity contribution in [3.8, 4) is 0 Å². The van der Waals surface area contributed by atoms with Gasteiger partial charge in [-0.1, -0.05) is 6.08 Å². The van der Waals surface area contributed by atoms with Crippen LogP contribution in [0.5, 0.6) is 0 Å². The van der Waals surface area contributed by atoms with E-state index < -0.39 is 11.3 Å². The number of carbonyl (C=O) groups excluding carboxylic acids is 1. The number of likely N-dealkylation sites (tertiary alicyclic amines) is 2. The summed E-state index contributed by atoms with van der Waals surface area (Å²) in [7, 11) is 1.58. The fourth-order valence-electron chi connectivity index (χ4n) is 4.15. The normalized spacial score (nSPS) is 30.9. The van der Waals surface area contributed by atoms with E-state index in [0.717, 1.165) is 12.0 Å². The lowest BCUT2D eigenvalue weighted by molar-refractivity contribution is -0.154. The summed E-state index contributed by atoms with van der Waals surface area (Å²) < 4.78 is 39.2. The first kappa shape index (κ1) is 17.8. The van der Waals surface area contributed by atoms with Crippen molar-refractivity contribution < 1.29 is 23.0 Å². The topological polar surface area (TPSA) is 42.0 Å². The Morgan fingerprint density at radius 1 is 1.38 bits per heavy atom. The van der Waals surface area contributed by atoms with Crippen molar-refractivity contribution in [2.75, 3.05) is 59.7 Å². The van der Waals surface area contributed by atoms with Gasteiger partial charge in [0.05, 0.1) is 31.8 Å². The van der Waals surface area contributed by atoms with E-state index in [0.29, 0.717) is 52.4 Å². The van der Waals surface area contributed by atoms with Crippen molar-refractivity contribution >= 4 is 5.91 Å². The van der Waals surface area contributed by atoms with Crippen LogP contribution in [-0.4, -0.2) is 81.3 Å². The van der Waals surface area contributed by atoms with Crippen LogP contribution in [0.15, 0.2) is 11.6 Å². The van der Waals surface area contributed by atoms with E-state index in [1.54, 1.807) is 16.9 Å². The zero-order chi connectivity index (χ0) is 17.2. The van der Waals surface area contributed by atoms with Gasteiger partial charge in [-0.2, -0.15) is 0 Å². The van der Waals surface area contributed by atoms with Gasteiger partial charge < -0.3 is 14.4 Å². The number of nitrogens with zero attached hydrogens (tertiary/aromatic N) is 2. The van der Waals surface area contributed by atoms with Gasteiger partial charge in [0.1, 0.15) is 0 Å². The molecule has 0 N–H and O–H groups in total. The highest BCUT2D eigenvalue weighted by Crippen LogP contribution is 2.45. The summed E-state index contributed by atoms with van der Waals surface area (Å²) in [5, 5.41) is 0. The van der Waals surface area contributed by atoms with Crippen molar-refractivity contribution in [3.63, 3.8) is 0 Å². The Hall–Kier alpha value is -1.05. The van der Waals surface area contributed by atoms with Crippen molar-refractivity contribution in [2.24, 2.45) is 5.41 Å². The second kappa shape index (κ2) is 7.06. The summed E-state index contributed by atoms with van der Waals surface area (Å²) in [5.41, 5.74) is 0.0850. The molecule has 0 aromatic carbocycles. The molecule has 3 aliphatic heterocycles.